The second-order valence-corrected chi connectivity index (χ2v) is 7.54. The Morgan fingerprint density at radius 3 is 2.17 bits per heavy atom. The predicted octanol–water partition coefficient (Wildman–Crippen LogP) is 6.73. The Balaban J connectivity index is 1.99. The lowest BCUT2D eigenvalue weighted by Crippen LogP contribution is -2.25. The molecule has 0 unspecified atom stereocenters. The molecule has 0 aromatic heterocycles. The first-order valence-electron chi connectivity index (χ1n) is 7.95. The van der Waals surface area contributed by atoms with Crippen LogP contribution in [0.25, 0.3) is 6.08 Å². The van der Waals surface area contributed by atoms with E-state index in [1.807, 2.05) is 24.3 Å². The normalized spacial score (nSPS) is 12.0. The van der Waals surface area contributed by atoms with Gasteiger partial charge in [0.05, 0.1) is 0 Å². The van der Waals surface area contributed by atoms with Crippen LogP contribution >= 0.6 is 34.8 Å². The highest BCUT2D eigenvalue weighted by Gasteiger charge is 2.32. The molecule has 0 heterocycles. The average molecular weight is 378 g/mol. The van der Waals surface area contributed by atoms with Gasteiger partial charge in [0.15, 0.2) is 0 Å². The molecule has 0 amide bonds. The number of benzene rings is 1. The molecule has 0 aliphatic rings. The van der Waals surface area contributed by atoms with Crippen molar-refractivity contribution in [1.82, 2.24) is 0 Å². The fourth-order valence-electron chi connectivity index (χ4n) is 2.22. The zero-order valence-corrected chi connectivity index (χ0v) is 15.4. The zero-order valence-electron chi connectivity index (χ0n) is 13.1. The highest BCUT2D eigenvalue weighted by Crippen LogP contribution is 2.28. The van der Waals surface area contributed by atoms with Crippen molar-refractivity contribution in [3.8, 4) is 0 Å². The minimum absolute atomic E-state index is 0.301. The minimum atomic E-state index is -1.63. The van der Waals surface area contributed by atoms with Gasteiger partial charge in [0, 0.05) is 5.02 Å². The first kappa shape index (κ1) is 20.3. The number of unbranched alkanes of at least 4 members (excludes halogenated alkanes) is 6. The highest BCUT2D eigenvalue weighted by atomic mass is 35.5. The molecule has 0 fully saturated rings. The van der Waals surface area contributed by atoms with Gasteiger partial charge in [-0.2, -0.15) is 0 Å². The molecule has 1 aromatic carbocycles. The first-order valence-corrected chi connectivity index (χ1v) is 9.08. The SMILES string of the molecule is O=C(O)C(Cl)(Cl)CCCCCCCCC=Cc1ccc(Cl)cc1. The Morgan fingerprint density at radius 2 is 1.57 bits per heavy atom. The third kappa shape index (κ3) is 9.24. The molecule has 0 saturated heterocycles. The van der Waals surface area contributed by atoms with Crippen LogP contribution < -0.4 is 0 Å². The molecule has 0 saturated carbocycles. The summed E-state index contributed by atoms with van der Waals surface area (Å²) in [5.41, 5.74) is 1.17. The minimum Gasteiger partial charge on any atom is -0.479 e. The quantitative estimate of drug-likeness (QED) is 0.343. The molecule has 5 heteroatoms. The van der Waals surface area contributed by atoms with Gasteiger partial charge in [-0.15, -0.1) is 0 Å². The summed E-state index contributed by atoms with van der Waals surface area (Å²) in [6.45, 7) is 0. The van der Waals surface area contributed by atoms with E-state index in [9.17, 15) is 4.79 Å². The number of halogens is 3. The molecule has 0 spiro atoms. The molecule has 0 aliphatic heterocycles. The Morgan fingerprint density at radius 1 is 1.00 bits per heavy atom. The first-order chi connectivity index (χ1) is 10.9. The van der Waals surface area contributed by atoms with Gasteiger partial charge in [0.2, 0.25) is 4.33 Å². The standard InChI is InChI=1S/C18H23Cl3O2/c19-16-12-10-15(11-13-16)9-7-5-3-1-2-4-6-8-14-18(20,21)17(22)23/h7,9-13H,1-6,8,14H2,(H,22,23). The number of aliphatic carboxylic acids is 1. The van der Waals surface area contributed by atoms with E-state index in [4.69, 9.17) is 39.9 Å². The van der Waals surface area contributed by atoms with Crippen molar-refractivity contribution in [3.05, 3.63) is 40.9 Å². The summed E-state index contributed by atoms with van der Waals surface area (Å²) in [6, 6.07) is 7.79. The maximum atomic E-state index is 10.7. The summed E-state index contributed by atoms with van der Waals surface area (Å²) < 4.78 is -1.63. The van der Waals surface area contributed by atoms with Crippen LogP contribution in [0, 0.1) is 0 Å². The lowest BCUT2D eigenvalue weighted by atomic mass is 10.1. The van der Waals surface area contributed by atoms with E-state index in [1.54, 1.807) is 0 Å². The molecule has 1 N–H and O–H groups in total. The molecular formula is C18H23Cl3O2. The third-order valence-corrected chi connectivity index (χ3v) is 4.56. The van der Waals surface area contributed by atoms with Crippen molar-refractivity contribution in [2.24, 2.45) is 0 Å². The summed E-state index contributed by atoms with van der Waals surface area (Å²) in [6.07, 6.45) is 12.0. The molecule has 2 nitrogen and oxygen atoms in total. The van der Waals surface area contributed by atoms with E-state index >= 15 is 0 Å². The van der Waals surface area contributed by atoms with Gasteiger partial charge in [-0.25, -0.2) is 4.79 Å². The Hall–Kier alpha value is -0.700. The van der Waals surface area contributed by atoms with Crippen LogP contribution in [0.1, 0.15) is 56.9 Å². The number of alkyl halides is 2. The Kier molecular flexibility index (Phi) is 9.69. The highest BCUT2D eigenvalue weighted by molar-refractivity contribution is 6.57. The number of allylic oxidation sites excluding steroid dienone is 1. The van der Waals surface area contributed by atoms with Crippen LogP contribution in [0.2, 0.25) is 5.02 Å². The lowest BCUT2D eigenvalue weighted by Gasteiger charge is -2.13. The molecule has 1 aromatic rings. The molecule has 0 atom stereocenters. The second kappa shape index (κ2) is 11.0. The van der Waals surface area contributed by atoms with Gasteiger partial charge < -0.3 is 5.11 Å². The molecule has 0 radical (unpaired) electrons. The second-order valence-electron chi connectivity index (χ2n) is 5.62. The molecule has 23 heavy (non-hydrogen) atoms. The summed E-state index contributed by atoms with van der Waals surface area (Å²) >= 11 is 17.2. The summed E-state index contributed by atoms with van der Waals surface area (Å²) in [5.74, 6) is -1.16. The maximum Gasteiger partial charge on any atom is 0.340 e. The molecule has 1 rings (SSSR count). The van der Waals surface area contributed by atoms with Crippen molar-refractivity contribution < 1.29 is 9.90 Å². The predicted molar refractivity (Wildman–Crippen MR) is 99.5 cm³/mol. The van der Waals surface area contributed by atoms with Gasteiger partial charge in [0.25, 0.3) is 0 Å². The average Bonchev–Trinajstić information content (AvgIpc) is 2.50. The number of carboxylic acid groups (broad SMARTS) is 1. The largest absolute Gasteiger partial charge is 0.479 e. The summed E-state index contributed by atoms with van der Waals surface area (Å²) in [5, 5.41) is 9.54. The van der Waals surface area contributed by atoms with E-state index < -0.39 is 10.3 Å². The summed E-state index contributed by atoms with van der Waals surface area (Å²) in [7, 11) is 0. The Bertz CT molecular complexity index is 495. The monoisotopic (exact) mass is 376 g/mol. The maximum absolute atomic E-state index is 10.7. The van der Waals surface area contributed by atoms with Crippen LogP contribution in [0.3, 0.4) is 0 Å². The van der Waals surface area contributed by atoms with Gasteiger partial charge in [0.1, 0.15) is 0 Å². The zero-order chi connectivity index (χ0) is 17.1. The van der Waals surface area contributed by atoms with Gasteiger partial charge >= 0.3 is 5.97 Å². The van der Waals surface area contributed by atoms with Crippen LogP contribution in [-0.4, -0.2) is 15.4 Å². The van der Waals surface area contributed by atoms with Crippen molar-refractivity contribution in [1.29, 1.82) is 0 Å². The number of hydrogen-bond donors (Lipinski definition) is 1. The molecule has 0 aliphatic carbocycles. The van der Waals surface area contributed by atoms with Crippen LogP contribution in [0.15, 0.2) is 30.3 Å². The molecule has 0 bridgehead atoms. The number of hydrogen-bond acceptors (Lipinski definition) is 1. The van der Waals surface area contributed by atoms with Crippen molar-refractivity contribution in [2.75, 3.05) is 0 Å². The van der Waals surface area contributed by atoms with Crippen molar-refractivity contribution >= 4 is 46.8 Å². The van der Waals surface area contributed by atoms with E-state index in [1.165, 1.54) is 12.0 Å². The number of carbonyl (C=O) groups is 1. The third-order valence-electron chi connectivity index (χ3n) is 3.60. The lowest BCUT2D eigenvalue weighted by molar-refractivity contribution is -0.138. The van der Waals surface area contributed by atoms with Gasteiger partial charge in [-0.1, -0.05) is 84.8 Å². The van der Waals surface area contributed by atoms with Crippen LogP contribution in [0.5, 0.6) is 0 Å². The number of carboxylic acids is 1. The number of rotatable bonds is 11. The van der Waals surface area contributed by atoms with Crippen molar-refractivity contribution in [2.45, 2.75) is 55.7 Å². The van der Waals surface area contributed by atoms with E-state index in [2.05, 4.69) is 12.2 Å². The topological polar surface area (TPSA) is 37.3 Å². The van der Waals surface area contributed by atoms with Crippen LogP contribution in [0.4, 0.5) is 0 Å². The van der Waals surface area contributed by atoms with E-state index in [-0.39, 0.29) is 0 Å². The molecular weight excluding hydrogens is 355 g/mol. The smallest absolute Gasteiger partial charge is 0.340 e. The van der Waals surface area contributed by atoms with E-state index in [0.717, 1.165) is 43.5 Å². The van der Waals surface area contributed by atoms with Crippen molar-refractivity contribution in [3.63, 3.8) is 0 Å². The summed E-state index contributed by atoms with van der Waals surface area (Å²) in [4.78, 5) is 10.7. The fourth-order valence-corrected chi connectivity index (χ4v) is 2.61. The van der Waals surface area contributed by atoms with Gasteiger partial charge in [-0.3, -0.25) is 0 Å². The fraction of sp³-hybridized carbons (Fsp3) is 0.500. The molecule has 128 valence electrons. The van der Waals surface area contributed by atoms with E-state index in [0.29, 0.717) is 6.42 Å². The van der Waals surface area contributed by atoms with Gasteiger partial charge in [-0.05, 0) is 43.4 Å². The van der Waals surface area contributed by atoms with Crippen LogP contribution in [-0.2, 0) is 4.79 Å². The Labute approximate surface area is 153 Å².